The standard InChI is InChI=1S/C22H41N5O5/c1-13(2)12-16(26-20(29)18(24)14(3)4)19(28)25-15(8-5-6-10-23)21(30)27-11-7-9-17(27)22(31)32/h13-18H,5-12,23-24H2,1-4H3,(H,25,28)(H,26,29)(H,31,32). The lowest BCUT2D eigenvalue weighted by molar-refractivity contribution is -0.149. The van der Waals surface area contributed by atoms with Crippen LogP contribution >= 0.6 is 0 Å². The predicted molar refractivity (Wildman–Crippen MR) is 121 cm³/mol. The number of carboxylic acids is 1. The first-order valence-corrected chi connectivity index (χ1v) is 11.6. The van der Waals surface area contributed by atoms with Gasteiger partial charge < -0.3 is 32.1 Å². The molecule has 184 valence electrons. The summed E-state index contributed by atoms with van der Waals surface area (Å²) in [6.45, 7) is 8.30. The van der Waals surface area contributed by atoms with Gasteiger partial charge in [0.2, 0.25) is 17.7 Å². The van der Waals surface area contributed by atoms with Gasteiger partial charge >= 0.3 is 5.97 Å². The molecule has 4 unspecified atom stereocenters. The van der Waals surface area contributed by atoms with Gasteiger partial charge in [0.05, 0.1) is 6.04 Å². The molecule has 0 aliphatic carbocycles. The van der Waals surface area contributed by atoms with Crippen LogP contribution in [0.1, 0.15) is 66.2 Å². The average molecular weight is 456 g/mol. The monoisotopic (exact) mass is 455 g/mol. The van der Waals surface area contributed by atoms with Gasteiger partial charge in [0, 0.05) is 6.54 Å². The quantitative estimate of drug-likeness (QED) is 0.247. The second-order valence-corrected chi connectivity index (χ2v) is 9.33. The summed E-state index contributed by atoms with van der Waals surface area (Å²) >= 11 is 0. The molecule has 1 fully saturated rings. The Kier molecular flexibility index (Phi) is 11.6. The molecule has 0 aromatic carbocycles. The number of amides is 3. The fourth-order valence-corrected chi connectivity index (χ4v) is 3.78. The van der Waals surface area contributed by atoms with Gasteiger partial charge in [-0.3, -0.25) is 14.4 Å². The highest BCUT2D eigenvalue weighted by molar-refractivity contribution is 5.94. The number of nitrogens with zero attached hydrogens (tertiary/aromatic N) is 1. The first-order chi connectivity index (χ1) is 15.0. The van der Waals surface area contributed by atoms with Crippen molar-refractivity contribution in [2.75, 3.05) is 13.1 Å². The van der Waals surface area contributed by atoms with E-state index in [2.05, 4.69) is 10.6 Å². The zero-order chi connectivity index (χ0) is 24.4. The highest BCUT2D eigenvalue weighted by Gasteiger charge is 2.38. The van der Waals surface area contributed by atoms with Crippen molar-refractivity contribution in [2.24, 2.45) is 23.3 Å². The molecule has 0 saturated carbocycles. The van der Waals surface area contributed by atoms with Crippen LogP contribution in [0.5, 0.6) is 0 Å². The molecular formula is C22H41N5O5. The summed E-state index contributed by atoms with van der Waals surface area (Å²) in [6.07, 6.45) is 3.01. The van der Waals surface area contributed by atoms with E-state index in [9.17, 15) is 24.3 Å². The van der Waals surface area contributed by atoms with Crippen LogP contribution in [-0.4, -0.2) is 71.0 Å². The number of carbonyl (C=O) groups excluding carboxylic acids is 3. The van der Waals surface area contributed by atoms with Gasteiger partial charge in [0.1, 0.15) is 18.1 Å². The van der Waals surface area contributed by atoms with E-state index in [-0.39, 0.29) is 11.8 Å². The molecule has 4 atom stereocenters. The van der Waals surface area contributed by atoms with Gasteiger partial charge in [-0.25, -0.2) is 4.79 Å². The Bertz CT molecular complexity index is 655. The maximum absolute atomic E-state index is 13.2. The van der Waals surface area contributed by atoms with Gasteiger partial charge in [0.25, 0.3) is 0 Å². The van der Waals surface area contributed by atoms with Crippen molar-refractivity contribution in [2.45, 2.75) is 90.4 Å². The zero-order valence-corrected chi connectivity index (χ0v) is 19.8. The Labute approximate surface area is 190 Å². The molecule has 0 spiro atoms. The lowest BCUT2D eigenvalue weighted by Crippen LogP contribution is -2.57. The number of nitrogens with one attached hydrogen (secondary N) is 2. The third kappa shape index (κ3) is 8.38. The number of hydrogen-bond donors (Lipinski definition) is 5. The maximum Gasteiger partial charge on any atom is 0.326 e. The first-order valence-electron chi connectivity index (χ1n) is 11.6. The van der Waals surface area contributed by atoms with E-state index in [4.69, 9.17) is 11.5 Å². The Morgan fingerprint density at radius 3 is 2.19 bits per heavy atom. The largest absolute Gasteiger partial charge is 0.480 e. The van der Waals surface area contributed by atoms with Crippen LogP contribution in [0.3, 0.4) is 0 Å². The van der Waals surface area contributed by atoms with E-state index in [1.807, 2.05) is 27.7 Å². The summed E-state index contributed by atoms with van der Waals surface area (Å²) in [5, 5.41) is 14.9. The third-order valence-electron chi connectivity index (χ3n) is 5.74. The Hall–Kier alpha value is -2.20. The SMILES string of the molecule is CC(C)CC(NC(=O)C(N)C(C)C)C(=O)NC(CCCCN)C(=O)N1CCCC1C(=O)O. The van der Waals surface area contributed by atoms with E-state index in [0.717, 1.165) is 0 Å². The normalized spacial score (nSPS) is 19.0. The molecule has 10 nitrogen and oxygen atoms in total. The van der Waals surface area contributed by atoms with E-state index in [1.54, 1.807) is 0 Å². The van der Waals surface area contributed by atoms with Gasteiger partial charge in [-0.15, -0.1) is 0 Å². The van der Waals surface area contributed by atoms with Crippen molar-refractivity contribution >= 4 is 23.7 Å². The summed E-state index contributed by atoms with van der Waals surface area (Å²) < 4.78 is 0. The summed E-state index contributed by atoms with van der Waals surface area (Å²) in [5.41, 5.74) is 11.5. The smallest absolute Gasteiger partial charge is 0.326 e. The van der Waals surface area contributed by atoms with Crippen LogP contribution in [0.4, 0.5) is 0 Å². The number of rotatable bonds is 13. The predicted octanol–water partition coefficient (Wildman–Crippen LogP) is 0.190. The fraction of sp³-hybridized carbons (Fsp3) is 0.818. The summed E-state index contributed by atoms with van der Waals surface area (Å²) in [5.74, 6) is -2.32. The number of hydrogen-bond acceptors (Lipinski definition) is 6. The minimum absolute atomic E-state index is 0.0912. The number of carbonyl (C=O) groups is 4. The maximum atomic E-state index is 13.2. The first kappa shape index (κ1) is 27.8. The molecule has 1 heterocycles. The van der Waals surface area contributed by atoms with Gasteiger partial charge in [0.15, 0.2) is 0 Å². The van der Waals surface area contributed by atoms with Crippen LogP contribution in [0.2, 0.25) is 0 Å². The molecule has 0 aromatic heterocycles. The Morgan fingerprint density at radius 1 is 1.03 bits per heavy atom. The summed E-state index contributed by atoms with van der Waals surface area (Å²) in [4.78, 5) is 51.6. The topological polar surface area (TPSA) is 168 Å². The summed E-state index contributed by atoms with van der Waals surface area (Å²) in [6, 6.07) is -3.35. The van der Waals surface area contributed by atoms with E-state index in [1.165, 1.54) is 4.90 Å². The highest BCUT2D eigenvalue weighted by Crippen LogP contribution is 2.20. The number of nitrogens with two attached hydrogens (primary N) is 2. The van der Waals surface area contributed by atoms with Crippen LogP contribution in [0, 0.1) is 11.8 Å². The van der Waals surface area contributed by atoms with Crippen LogP contribution in [0.15, 0.2) is 0 Å². The molecule has 32 heavy (non-hydrogen) atoms. The van der Waals surface area contributed by atoms with Gasteiger partial charge in [-0.2, -0.15) is 0 Å². The number of aliphatic carboxylic acids is 1. The number of carboxylic acid groups (broad SMARTS) is 1. The molecule has 10 heteroatoms. The Balaban J connectivity index is 2.99. The minimum atomic E-state index is -1.05. The second kappa shape index (κ2) is 13.4. The fourth-order valence-electron chi connectivity index (χ4n) is 3.78. The van der Waals surface area contributed by atoms with Gasteiger partial charge in [-0.1, -0.05) is 27.7 Å². The van der Waals surface area contributed by atoms with Gasteiger partial charge in [-0.05, 0) is 56.9 Å². The van der Waals surface area contributed by atoms with Crippen molar-refractivity contribution in [1.29, 1.82) is 0 Å². The summed E-state index contributed by atoms with van der Waals surface area (Å²) in [7, 11) is 0. The average Bonchev–Trinajstić information content (AvgIpc) is 3.21. The lowest BCUT2D eigenvalue weighted by Gasteiger charge is -2.29. The van der Waals surface area contributed by atoms with Crippen molar-refractivity contribution in [3.05, 3.63) is 0 Å². The van der Waals surface area contributed by atoms with Crippen molar-refractivity contribution in [3.8, 4) is 0 Å². The van der Waals surface area contributed by atoms with Crippen molar-refractivity contribution in [1.82, 2.24) is 15.5 Å². The third-order valence-corrected chi connectivity index (χ3v) is 5.74. The molecule has 1 saturated heterocycles. The molecule has 1 aliphatic heterocycles. The molecule has 0 radical (unpaired) electrons. The zero-order valence-electron chi connectivity index (χ0n) is 19.8. The van der Waals surface area contributed by atoms with E-state index >= 15 is 0 Å². The van der Waals surface area contributed by atoms with Crippen molar-refractivity contribution < 1.29 is 24.3 Å². The van der Waals surface area contributed by atoms with E-state index < -0.39 is 47.9 Å². The minimum Gasteiger partial charge on any atom is -0.480 e. The lowest BCUT2D eigenvalue weighted by atomic mass is 9.99. The van der Waals surface area contributed by atoms with Crippen molar-refractivity contribution in [3.63, 3.8) is 0 Å². The second-order valence-electron chi connectivity index (χ2n) is 9.33. The molecule has 1 aliphatic rings. The molecule has 7 N–H and O–H groups in total. The molecule has 0 bridgehead atoms. The molecular weight excluding hydrogens is 414 g/mol. The Morgan fingerprint density at radius 2 is 1.66 bits per heavy atom. The number of unbranched alkanes of at least 4 members (excludes halogenated alkanes) is 1. The molecule has 0 aromatic rings. The highest BCUT2D eigenvalue weighted by atomic mass is 16.4. The van der Waals surface area contributed by atoms with Crippen LogP contribution < -0.4 is 22.1 Å². The molecule has 1 rings (SSSR count). The van der Waals surface area contributed by atoms with Crippen LogP contribution in [-0.2, 0) is 19.2 Å². The molecule has 3 amide bonds. The van der Waals surface area contributed by atoms with E-state index in [0.29, 0.717) is 51.6 Å². The number of likely N-dealkylation sites (tertiary alicyclic amines) is 1. The van der Waals surface area contributed by atoms with Crippen LogP contribution in [0.25, 0.3) is 0 Å².